The molecule has 2 atom stereocenters. The van der Waals surface area contributed by atoms with E-state index in [1.807, 2.05) is 13.0 Å². The van der Waals surface area contributed by atoms with E-state index in [2.05, 4.69) is 15.4 Å². The smallest absolute Gasteiger partial charge is 0.475 e. The van der Waals surface area contributed by atoms with Gasteiger partial charge in [0.15, 0.2) is 5.76 Å². The third kappa shape index (κ3) is 6.33. The van der Waals surface area contributed by atoms with Crippen LogP contribution in [0.1, 0.15) is 41.3 Å². The first-order valence-electron chi connectivity index (χ1n) is 9.99. The van der Waals surface area contributed by atoms with E-state index < -0.39 is 12.1 Å². The van der Waals surface area contributed by atoms with Crippen molar-refractivity contribution >= 4 is 11.9 Å². The van der Waals surface area contributed by atoms with Crippen molar-refractivity contribution in [3.63, 3.8) is 0 Å². The summed E-state index contributed by atoms with van der Waals surface area (Å²) in [6.07, 6.45) is -0.942. The van der Waals surface area contributed by atoms with Crippen LogP contribution >= 0.6 is 0 Å². The summed E-state index contributed by atoms with van der Waals surface area (Å²) in [7, 11) is 0. The Morgan fingerprint density at radius 2 is 2.16 bits per heavy atom. The average Bonchev–Trinajstić information content (AvgIpc) is 3.45. The van der Waals surface area contributed by atoms with Crippen LogP contribution in [-0.2, 0) is 16.1 Å². The van der Waals surface area contributed by atoms with Gasteiger partial charge in [-0.3, -0.25) is 9.69 Å². The number of aryl methyl sites for hydroxylation is 1. The molecule has 1 amide bonds. The quantitative estimate of drug-likeness (QED) is 0.717. The number of furan rings is 1. The van der Waals surface area contributed by atoms with Crippen LogP contribution in [0.3, 0.4) is 0 Å². The Morgan fingerprint density at radius 3 is 2.75 bits per heavy atom. The second-order valence-electron chi connectivity index (χ2n) is 7.86. The van der Waals surface area contributed by atoms with Crippen molar-refractivity contribution in [3.05, 3.63) is 41.7 Å². The monoisotopic (exact) mass is 459 g/mol. The first-order valence-corrected chi connectivity index (χ1v) is 9.99. The molecule has 0 aromatic carbocycles. The van der Waals surface area contributed by atoms with E-state index in [0.29, 0.717) is 12.4 Å². The van der Waals surface area contributed by atoms with Crippen molar-refractivity contribution in [2.24, 2.45) is 0 Å². The van der Waals surface area contributed by atoms with Gasteiger partial charge < -0.3 is 24.1 Å². The number of halogens is 3. The van der Waals surface area contributed by atoms with Gasteiger partial charge in [-0.05, 0) is 38.3 Å². The molecule has 4 rings (SSSR count). The highest BCUT2D eigenvalue weighted by Crippen LogP contribution is 2.35. The molecule has 2 aromatic heterocycles. The Balaban J connectivity index is 0.000000360. The number of nitrogens with one attached hydrogen (secondary N) is 1. The van der Waals surface area contributed by atoms with Gasteiger partial charge in [-0.15, -0.1) is 0 Å². The molecule has 0 bridgehead atoms. The van der Waals surface area contributed by atoms with Gasteiger partial charge in [-0.25, -0.2) is 4.79 Å². The number of rotatable bonds is 4. The largest absolute Gasteiger partial charge is 0.490 e. The molecule has 0 aliphatic carbocycles. The Kier molecular flexibility index (Phi) is 7.24. The summed E-state index contributed by atoms with van der Waals surface area (Å²) in [5.74, 6) is -1.72. The molecular weight excluding hydrogens is 435 g/mol. The number of likely N-dealkylation sites (tertiary alicyclic amines) is 1. The van der Waals surface area contributed by atoms with Gasteiger partial charge >= 0.3 is 12.1 Å². The fourth-order valence-electron chi connectivity index (χ4n) is 3.88. The lowest BCUT2D eigenvalue weighted by Crippen LogP contribution is -2.49. The summed E-state index contributed by atoms with van der Waals surface area (Å²) in [5.41, 5.74) is 0.769. The number of carboxylic acid groups (broad SMARTS) is 1. The standard InChI is InChI=1S/C18H23N3O4.C2HF3O2/c1-13-9-15(20-25-13)11-21-6-5-18(12-21)10-14(4-8-24-18)19-17(22)16-3-2-7-23-16;3-2(4,5)1(6)7/h2-3,7,9,14H,4-6,8,10-12H2,1H3,(H,19,22);(H,6,7)/t14-,18-;/m1./s1. The number of ether oxygens (including phenoxy) is 1. The van der Waals surface area contributed by atoms with Gasteiger partial charge in [0, 0.05) is 38.3 Å². The molecule has 2 N–H and O–H groups in total. The molecule has 2 fully saturated rings. The molecule has 2 aromatic rings. The van der Waals surface area contributed by atoms with Crippen LogP contribution < -0.4 is 5.32 Å². The molecule has 1 spiro atoms. The lowest BCUT2D eigenvalue weighted by atomic mass is 9.89. The highest BCUT2D eigenvalue weighted by molar-refractivity contribution is 5.91. The van der Waals surface area contributed by atoms with Crippen LogP contribution in [0.4, 0.5) is 13.2 Å². The fourth-order valence-corrected chi connectivity index (χ4v) is 3.88. The van der Waals surface area contributed by atoms with Crippen LogP contribution in [-0.4, -0.2) is 64.6 Å². The Hall–Kier alpha value is -2.86. The summed E-state index contributed by atoms with van der Waals surface area (Å²) < 4.78 is 48.2. The van der Waals surface area contributed by atoms with Crippen molar-refractivity contribution in [2.75, 3.05) is 19.7 Å². The number of carbonyl (C=O) groups excluding carboxylic acids is 1. The Bertz CT molecular complexity index is 914. The van der Waals surface area contributed by atoms with E-state index in [1.54, 1.807) is 12.1 Å². The molecule has 2 aliphatic rings. The van der Waals surface area contributed by atoms with Crippen LogP contribution in [0.5, 0.6) is 0 Å². The van der Waals surface area contributed by atoms with Gasteiger partial charge in [-0.1, -0.05) is 5.16 Å². The minimum absolute atomic E-state index is 0.112. The maximum absolute atomic E-state index is 12.2. The average molecular weight is 459 g/mol. The first-order chi connectivity index (χ1) is 15.1. The highest BCUT2D eigenvalue weighted by atomic mass is 19.4. The summed E-state index contributed by atoms with van der Waals surface area (Å²) in [6.45, 7) is 5.15. The lowest BCUT2D eigenvalue weighted by molar-refractivity contribution is -0.192. The molecule has 2 aliphatic heterocycles. The van der Waals surface area contributed by atoms with Crippen LogP contribution in [0.25, 0.3) is 0 Å². The van der Waals surface area contributed by atoms with Crippen molar-refractivity contribution < 1.29 is 41.5 Å². The molecule has 9 nitrogen and oxygen atoms in total. The number of nitrogens with zero attached hydrogens (tertiary/aromatic N) is 2. The van der Waals surface area contributed by atoms with Gasteiger partial charge in [0.1, 0.15) is 5.76 Å². The number of hydrogen-bond donors (Lipinski definition) is 2. The number of carboxylic acids is 1. The Labute approximate surface area is 181 Å². The normalized spacial score (nSPS) is 23.6. The van der Waals surface area contributed by atoms with Crippen molar-refractivity contribution in [1.29, 1.82) is 0 Å². The second kappa shape index (κ2) is 9.74. The van der Waals surface area contributed by atoms with E-state index in [9.17, 15) is 18.0 Å². The zero-order chi connectivity index (χ0) is 23.4. The number of amides is 1. The maximum atomic E-state index is 12.2. The zero-order valence-corrected chi connectivity index (χ0v) is 17.4. The van der Waals surface area contributed by atoms with E-state index >= 15 is 0 Å². The fraction of sp³-hybridized carbons (Fsp3) is 0.550. The topological polar surface area (TPSA) is 118 Å². The Morgan fingerprint density at radius 1 is 1.41 bits per heavy atom. The number of aliphatic carboxylic acids is 1. The molecule has 0 saturated carbocycles. The maximum Gasteiger partial charge on any atom is 0.490 e. The molecule has 32 heavy (non-hydrogen) atoms. The summed E-state index contributed by atoms with van der Waals surface area (Å²) >= 11 is 0. The van der Waals surface area contributed by atoms with Crippen LogP contribution in [0.2, 0.25) is 0 Å². The highest BCUT2D eigenvalue weighted by Gasteiger charge is 2.43. The summed E-state index contributed by atoms with van der Waals surface area (Å²) in [4.78, 5) is 23.4. The first kappa shape index (κ1) is 23.8. The van der Waals surface area contributed by atoms with Crippen molar-refractivity contribution in [2.45, 2.75) is 50.6 Å². The second-order valence-corrected chi connectivity index (χ2v) is 7.86. The summed E-state index contributed by atoms with van der Waals surface area (Å²) in [6, 6.07) is 5.49. The van der Waals surface area contributed by atoms with Crippen LogP contribution in [0, 0.1) is 6.92 Å². The van der Waals surface area contributed by atoms with E-state index in [1.165, 1.54) is 6.26 Å². The van der Waals surface area contributed by atoms with Crippen molar-refractivity contribution in [3.8, 4) is 0 Å². The van der Waals surface area contributed by atoms with Gasteiger partial charge in [0.25, 0.3) is 5.91 Å². The molecule has 2 saturated heterocycles. The van der Waals surface area contributed by atoms with Gasteiger partial charge in [0.2, 0.25) is 0 Å². The van der Waals surface area contributed by atoms with E-state index in [-0.39, 0.29) is 17.6 Å². The number of aromatic nitrogens is 1. The number of alkyl halides is 3. The predicted molar refractivity (Wildman–Crippen MR) is 103 cm³/mol. The SMILES string of the molecule is Cc1cc(CN2CC[C@@]3(C[C@H](NC(=O)c4ccco4)CCO3)C2)no1.O=C(O)C(F)(F)F. The van der Waals surface area contributed by atoms with Crippen molar-refractivity contribution in [1.82, 2.24) is 15.4 Å². The molecule has 0 radical (unpaired) electrons. The third-order valence-electron chi connectivity index (χ3n) is 5.27. The molecule has 176 valence electrons. The molecule has 0 unspecified atom stereocenters. The van der Waals surface area contributed by atoms with Gasteiger partial charge in [-0.2, -0.15) is 13.2 Å². The zero-order valence-electron chi connectivity index (χ0n) is 17.4. The van der Waals surface area contributed by atoms with Gasteiger partial charge in [0.05, 0.1) is 17.6 Å². The van der Waals surface area contributed by atoms with E-state index in [4.69, 9.17) is 23.6 Å². The molecule has 4 heterocycles. The minimum atomic E-state index is -5.08. The van der Waals surface area contributed by atoms with Crippen LogP contribution in [0.15, 0.2) is 33.4 Å². The van der Waals surface area contributed by atoms with E-state index in [0.717, 1.165) is 50.4 Å². The molecule has 12 heteroatoms. The lowest BCUT2D eigenvalue weighted by Gasteiger charge is -2.38. The summed E-state index contributed by atoms with van der Waals surface area (Å²) in [5, 5.41) is 14.3. The third-order valence-corrected chi connectivity index (χ3v) is 5.27. The number of carbonyl (C=O) groups is 2. The number of hydrogen-bond acceptors (Lipinski definition) is 7. The molecular formula is C20H24F3N3O6. The minimum Gasteiger partial charge on any atom is -0.475 e. The predicted octanol–water partition coefficient (Wildman–Crippen LogP) is 2.76.